The van der Waals surface area contributed by atoms with Crippen LogP contribution < -0.4 is 15.2 Å². The molecular weight excluding hydrogens is 361 g/mol. The van der Waals surface area contributed by atoms with Crippen molar-refractivity contribution in [3.05, 3.63) is 34.1 Å². The van der Waals surface area contributed by atoms with Gasteiger partial charge in [-0.2, -0.15) is 26.3 Å². The Kier molecular flexibility index (Phi) is 3.84. The molecule has 1 atom stereocenters. The summed E-state index contributed by atoms with van der Waals surface area (Å²) in [6, 6.07) is 1.98. The van der Waals surface area contributed by atoms with Crippen molar-refractivity contribution >= 4 is 16.6 Å². The number of nitrogens with zero attached hydrogens (tertiary/aromatic N) is 1. The molecule has 0 bridgehead atoms. The summed E-state index contributed by atoms with van der Waals surface area (Å²) in [4.78, 5) is 13.8. The van der Waals surface area contributed by atoms with Crippen LogP contribution in [0.2, 0.25) is 0 Å². The van der Waals surface area contributed by atoms with Crippen LogP contribution in [-0.2, 0) is 6.18 Å². The van der Waals surface area contributed by atoms with Gasteiger partial charge in [-0.25, -0.2) is 4.39 Å². The Hall–Kier alpha value is -2.46. The van der Waals surface area contributed by atoms with Gasteiger partial charge in [0.2, 0.25) is 11.9 Å². The molecule has 1 aromatic heterocycles. The first-order valence-corrected chi connectivity index (χ1v) is 6.84. The summed E-state index contributed by atoms with van der Waals surface area (Å²) in [6.45, 7) is -2.42. The van der Waals surface area contributed by atoms with E-state index in [9.17, 15) is 35.5 Å². The SMILES string of the molecule is O=c1cc(C(F)(F)F)c2cc3c(cc2[nH]1)OCC(F)N3CC(F)(F)F. The van der Waals surface area contributed by atoms with Crippen molar-refractivity contribution in [2.75, 3.05) is 18.1 Å². The Labute approximate surface area is 134 Å². The summed E-state index contributed by atoms with van der Waals surface area (Å²) in [6.07, 6.45) is -11.9. The van der Waals surface area contributed by atoms with Crippen molar-refractivity contribution in [2.45, 2.75) is 18.6 Å². The lowest BCUT2D eigenvalue weighted by Gasteiger charge is -2.35. The van der Waals surface area contributed by atoms with Gasteiger partial charge in [-0.15, -0.1) is 0 Å². The van der Waals surface area contributed by atoms with Crippen LogP contribution in [0.1, 0.15) is 5.56 Å². The average Bonchev–Trinajstić information content (AvgIpc) is 2.46. The lowest BCUT2D eigenvalue weighted by molar-refractivity contribution is -0.136. The zero-order chi connectivity index (χ0) is 18.6. The van der Waals surface area contributed by atoms with E-state index in [2.05, 4.69) is 4.98 Å². The molecule has 0 saturated heterocycles. The maximum atomic E-state index is 13.9. The number of pyridine rings is 1. The molecule has 0 amide bonds. The third kappa shape index (κ3) is 3.35. The predicted octanol–water partition coefficient (Wildman–Crippen LogP) is 3.60. The fourth-order valence-corrected chi connectivity index (χ4v) is 2.62. The van der Waals surface area contributed by atoms with Gasteiger partial charge in [-0.3, -0.25) is 4.79 Å². The number of halogens is 7. The number of anilines is 1. The zero-order valence-corrected chi connectivity index (χ0v) is 12.1. The van der Waals surface area contributed by atoms with Crippen molar-refractivity contribution in [1.82, 2.24) is 4.98 Å². The summed E-state index contributed by atoms with van der Waals surface area (Å²) in [7, 11) is 0. The van der Waals surface area contributed by atoms with Gasteiger partial charge in [0.15, 0.2) is 0 Å². The van der Waals surface area contributed by atoms with Gasteiger partial charge < -0.3 is 14.6 Å². The third-order valence-electron chi connectivity index (χ3n) is 3.60. The highest BCUT2D eigenvalue weighted by molar-refractivity contribution is 5.89. The number of aromatic amines is 1. The van der Waals surface area contributed by atoms with Gasteiger partial charge in [-0.05, 0) is 6.07 Å². The zero-order valence-electron chi connectivity index (χ0n) is 12.1. The average molecular weight is 370 g/mol. The van der Waals surface area contributed by atoms with Crippen molar-refractivity contribution in [3.8, 4) is 5.75 Å². The number of ether oxygens (including phenoxy) is 1. The van der Waals surface area contributed by atoms with Gasteiger partial charge in [0, 0.05) is 17.5 Å². The monoisotopic (exact) mass is 370 g/mol. The first kappa shape index (κ1) is 17.4. The summed E-state index contributed by atoms with van der Waals surface area (Å²) in [5, 5.41) is -0.560. The van der Waals surface area contributed by atoms with Crippen molar-refractivity contribution in [1.29, 1.82) is 0 Å². The summed E-state index contributed by atoms with van der Waals surface area (Å²) >= 11 is 0. The van der Waals surface area contributed by atoms with Crippen LogP contribution >= 0.6 is 0 Å². The van der Waals surface area contributed by atoms with Crippen molar-refractivity contribution in [3.63, 3.8) is 0 Å². The molecule has 25 heavy (non-hydrogen) atoms. The molecule has 1 aromatic carbocycles. The largest absolute Gasteiger partial charge is 0.486 e. The summed E-state index contributed by atoms with van der Waals surface area (Å²) < 4.78 is 96.2. The number of H-pyrrole nitrogens is 1. The molecule has 0 radical (unpaired) electrons. The highest BCUT2D eigenvalue weighted by Gasteiger charge is 2.39. The molecular formula is C14H9F7N2O2. The fraction of sp³-hybridized carbons (Fsp3) is 0.357. The normalized spacial score (nSPS) is 18.2. The van der Waals surface area contributed by atoms with E-state index in [1.807, 2.05) is 0 Å². The number of benzene rings is 1. The minimum absolute atomic E-state index is 0.249. The maximum absolute atomic E-state index is 13.9. The maximum Gasteiger partial charge on any atom is 0.417 e. The van der Waals surface area contributed by atoms with Gasteiger partial charge >= 0.3 is 12.4 Å². The van der Waals surface area contributed by atoms with E-state index in [1.54, 1.807) is 0 Å². The van der Waals surface area contributed by atoms with Crippen LogP contribution in [0, 0.1) is 0 Å². The van der Waals surface area contributed by atoms with Crippen LogP contribution in [-0.4, -0.2) is 30.6 Å². The second kappa shape index (κ2) is 5.53. The van der Waals surface area contributed by atoms with E-state index in [4.69, 9.17) is 4.74 Å². The number of hydrogen-bond donors (Lipinski definition) is 1. The van der Waals surface area contributed by atoms with Crippen LogP contribution in [0.4, 0.5) is 36.4 Å². The van der Waals surface area contributed by atoms with Gasteiger partial charge in [0.1, 0.15) is 18.9 Å². The Bertz CT molecular complexity index is 872. The lowest BCUT2D eigenvalue weighted by atomic mass is 10.1. The third-order valence-corrected chi connectivity index (χ3v) is 3.60. The highest BCUT2D eigenvalue weighted by atomic mass is 19.4. The van der Waals surface area contributed by atoms with Crippen LogP contribution in [0.5, 0.6) is 5.75 Å². The van der Waals surface area contributed by atoms with Crippen molar-refractivity contribution < 1.29 is 35.5 Å². The number of fused-ring (bicyclic) bond motifs is 2. The van der Waals surface area contributed by atoms with Gasteiger partial charge in [0.05, 0.1) is 16.8 Å². The molecule has 0 spiro atoms. The molecule has 1 unspecified atom stereocenters. The van der Waals surface area contributed by atoms with Crippen LogP contribution in [0.3, 0.4) is 0 Å². The fourth-order valence-electron chi connectivity index (χ4n) is 2.62. The van der Waals surface area contributed by atoms with E-state index < -0.39 is 54.0 Å². The van der Waals surface area contributed by atoms with E-state index in [-0.39, 0.29) is 16.2 Å². The number of alkyl halides is 7. The molecule has 136 valence electrons. The number of hydrogen-bond acceptors (Lipinski definition) is 3. The first-order valence-electron chi connectivity index (χ1n) is 6.84. The molecule has 2 heterocycles. The van der Waals surface area contributed by atoms with E-state index >= 15 is 0 Å². The second-order valence-corrected chi connectivity index (χ2v) is 5.40. The number of rotatable bonds is 1. The Morgan fingerprint density at radius 2 is 1.84 bits per heavy atom. The summed E-state index contributed by atoms with van der Waals surface area (Å²) in [5.74, 6) is -0.249. The minimum Gasteiger partial charge on any atom is -0.486 e. The standard InChI is InChI=1S/C14H9F7N2O2/c15-11-4-25-10-3-8-6(1-9(10)23(11)5-13(16,17)18)7(14(19,20)21)2-12(24)22-8/h1-3,11H,4-5H2,(H,22,24). The van der Waals surface area contributed by atoms with Gasteiger partial charge in [0.25, 0.3) is 0 Å². The molecule has 4 nitrogen and oxygen atoms in total. The van der Waals surface area contributed by atoms with E-state index in [1.165, 1.54) is 0 Å². The van der Waals surface area contributed by atoms with Gasteiger partial charge in [-0.1, -0.05) is 0 Å². The van der Waals surface area contributed by atoms with Crippen molar-refractivity contribution in [2.24, 2.45) is 0 Å². The molecule has 0 saturated carbocycles. The Morgan fingerprint density at radius 3 is 2.44 bits per heavy atom. The van der Waals surface area contributed by atoms with Crippen LogP contribution in [0.25, 0.3) is 10.9 Å². The number of nitrogens with one attached hydrogen (secondary N) is 1. The molecule has 0 aliphatic carbocycles. The smallest absolute Gasteiger partial charge is 0.417 e. The van der Waals surface area contributed by atoms with E-state index in [0.717, 1.165) is 12.1 Å². The van der Waals surface area contributed by atoms with Crippen LogP contribution in [0.15, 0.2) is 23.0 Å². The molecule has 3 rings (SSSR count). The molecule has 11 heteroatoms. The quantitative estimate of drug-likeness (QED) is 0.616. The predicted molar refractivity (Wildman–Crippen MR) is 73.4 cm³/mol. The summed E-state index contributed by atoms with van der Waals surface area (Å²) in [5.41, 5.74) is -3.11. The first-order chi connectivity index (χ1) is 11.5. The topological polar surface area (TPSA) is 45.3 Å². The minimum atomic E-state index is -4.92. The molecule has 1 aliphatic rings. The lowest BCUT2D eigenvalue weighted by Crippen LogP contribution is -2.45. The van der Waals surface area contributed by atoms with E-state index in [0.29, 0.717) is 6.07 Å². The number of aromatic nitrogens is 1. The molecule has 1 N–H and O–H groups in total. The molecule has 2 aromatic rings. The Morgan fingerprint density at radius 1 is 1.16 bits per heavy atom. The second-order valence-electron chi connectivity index (χ2n) is 5.40. The molecule has 1 aliphatic heterocycles. The Balaban J connectivity index is 2.25. The highest BCUT2D eigenvalue weighted by Crippen LogP contribution is 2.42. The molecule has 0 fully saturated rings.